The quantitative estimate of drug-likeness (QED) is 0.423. The van der Waals surface area contributed by atoms with Crippen LogP contribution in [0.2, 0.25) is 5.15 Å². The molecule has 0 radical (unpaired) electrons. The third kappa shape index (κ3) is 4.29. The lowest BCUT2D eigenvalue weighted by Gasteiger charge is -2.03. The SMILES string of the molecule is COc1cccc(-c2noc(CS(=O)Cc3c(C)nn(-c4ccccc4)c3Cl)n2)c1. The number of aryl methyl sites for hydroxylation is 1. The van der Waals surface area contributed by atoms with E-state index in [-0.39, 0.29) is 11.5 Å². The highest BCUT2D eigenvalue weighted by Crippen LogP contribution is 2.26. The van der Waals surface area contributed by atoms with Crippen LogP contribution in [-0.4, -0.2) is 31.2 Å². The van der Waals surface area contributed by atoms with Crippen LogP contribution >= 0.6 is 11.6 Å². The Bertz CT molecular complexity index is 1190. The van der Waals surface area contributed by atoms with Gasteiger partial charge in [-0.1, -0.05) is 47.1 Å². The molecule has 0 bridgehead atoms. The van der Waals surface area contributed by atoms with Crippen LogP contribution in [0.4, 0.5) is 0 Å². The third-order valence-electron chi connectivity index (χ3n) is 4.51. The summed E-state index contributed by atoms with van der Waals surface area (Å²) in [5.41, 5.74) is 3.09. The maximum absolute atomic E-state index is 12.7. The van der Waals surface area contributed by atoms with E-state index in [1.165, 1.54) is 0 Å². The van der Waals surface area contributed by atoms with E-state index in [1.54, 1.807) is 11.8 Å². The van der Waals surface area contributed by atoms with Crippen molar-refractivity contribution in [3.8, 4) is 22.8 Å². The maximum atomic E-state index is 12.7. The molecule has 0 aliphatic rings. The summed E-state index contributed by atoms with van der Waals surface area (Å²) in [6, 6.07) is 16.9. The summed E-state index contributed by atoms with van der Waals surface area (Å²) in [5, 5.41) is 8.92. The Hall–Kier alpha value is -2.97. The molecule has 0 aliphatic carbocycles. The van der Waals surface area contributed by atoms with E-state index in [0.717, 1.165) is 22.5 Å². The molecule has 1 atom stereocenters. The predicted molar refractivity (Wildman–Crippen MR) is 115 cm³/mol. The topological polar surface area (TPSA) is 83.0 Å². The van der Waals surface area contributed by atoms with Gasteiger partial charge in [0.15, 0.2) is 0 Å². The number of methoxy groups -OCH3 is 1. The molecule has 2 aromatic heterocycles. The molecule has 0 saturated carbocycles. The first-order valence-electron chi connectivity index (χ1n) is 9.16. The first-order valence-corrected chi connectivity index (χ1v) is 11.0. The fraction of sp³-hybridized carbons (Fsp3) is 0.190. The predicted octanol–water partition coefficient (Wildman–Crippen LogP) is 4.34. The maximum Gasteiger partial charge on any atom is 0.239 e. The molecule has 1 unspecified atom stereocenters. The van der Waals surface area contributed by atoms with Crippen LogP contribution in [0, 0.1) is 6.92 Å². The Kier molecular flexibility index (Phi) is 5.96. The fourth-order valence-corrected chi connectivity index (χ4v) is 4.56. The van der Waals surface area contributed by atoms with Gasteiger partial charge in [0, 0.05) is 21.9 Å². The molecule has 154 valence electrons. The first-order chi connectivity index (χ1) is 14.5. The second-order valence-corrected chi connectivity index (χ2v) is 8.39. The standard InChI is InChI=1S/C21H19ClN4O3S/c1-14-18(20(22)26(24-14)16-8-4-3-5-9-16)12-30(27)13-19-23-21(25-29-19)15-7-6-10-17(11-15)28-2/h3-11H,12-13H2,1-2H3. The Labute approximate surface area is 181 Å². The van der Waals surface area contributed by atoms with Crippen LogP contribution in [0.1, 0.15) is 17.1 Å². The normalized spacial score (nSPS) is 12.1. The lowest BCUT2D eigenvalue weighted by molar-refractivity contribution is 0.390. The highest BCUT2D eigenvalue weighted by Gasteiger charge is 2.19. The largest absolute Gasteiger partial charge is 0.497 e. The highest BCUT2D eigenvalue weighted by atomic mass is 35.5. The second-order valence-electron chi connectivity index (χ2n) is 6.57. The van der Waals surface area contributed by atoms with Crippen molar-refractivity contribution < 1.29 is 13.5 Å². The summed E-state index contributed by atoms with van der Waals surface area (Å²) in [4.78, 5) is 4.35. The van der Waals surface area contributed by atoms with Gasteiger partial charge in [-0.3, -0.25) is 4.21 Å². The smallest absolute Gasteiger partial charge is 0.239 e. The summed E-state index contributed by atoms with van der Waals surface area (Å²) < 4.78 is 24.9. The van der Waals surface area contributed by atoms with Gasteiger partial charge in [-0.05, 0) is 31.2 Å². The summed E-state index contributed by atoms with van der Waals surface area (Å²) in [7, 11) is 0.301. The summed E-state index contributed by atoms with van der Waals surface area (Å²) in [6.45, 7) is 1.85. The van der Waals surface area contributed by atoms with Crippen LogP contribution in [0.15, 0.2) is 59.1 Å². The van der Waals surface area contributed by atoms with Crippen molar-refractivity contribution in [2.75, 3.05) is 7.11 Å². The zero-order valence-corrected chi connectivity index (χ0v) is 18.0. The van der Waals surface area contributed by atoms with Crippen molar-refractivity contribution in [3.05, 3.63) is 76.9 Å². The minimum atomic E-state index is -1.29. The number of benzene rings is 2. The molecule has 2 aromatic carbocycles. The molecule has 9 heteroatoms. The molecule has 7 nitrogen and oxygen atoms in total. The van der Waals surface area contributed by atoms with Gasteiger partial charge in [-0.15, -0.1) is 0 Å². The van der Waals surface area contributed by atoms with Crippen molar-refractivity contribution >= 4 is 22.4 Å². The molecule has 0 N–H and O–H groups in total. The van der Waals surface area contributed by atoms with E-state index < -0.39 is 10.8 Å². The van der Waals surface area contributed by atoms with Crippen molar-refractivity contribution in [1.82, 2.24) is 19.9 Å². The Morgan fingerprint density at radius 1 is 1.13 bits per heavy atom. The van der Waals surface area contributed by atoms with Crippen LogP contribution < -0.4 is 4.74 Å². The molecular weight excluding hydrogens is 424 g/mol. The summed E-state index contributed by atoms with van der Waals surface area (Å²) in [5.74, 6) is 1.79. The molecule has 30 heavy (non-hydrogen) atoms. The first kappa shape index (κ1) is 20.3. The van der Waals surface area contributed by atoms with Crippen molar-refractivity contribution in [2.24, 2.45) is 0 Å². The molecular formula is C21H19ClN4O3S. The molecule has 4 rings (SSSR count). The fourth-order valence-electron chi connectivity index (χ4n) is 2.98. The minimum Gasteiger partial charge on any atom is -0.497 e. The minimum absolute atomic E-state index is 0.128. The van der Waals surface area contributed by atoms with Gasteiger partial charge in [0.1, 0.15) is 16.7 Å². The second kappa shape index (κ2) is 8.81. The van der Waals surface area contributed by atoms with E-state index in [4.69, 9.17) is 20.9 Å². The third-order valence-corrected chi connectivity index (χ3v) is 6.08. The lowest BCUT2D eigenvalue weighted by Crippen LogP contribution is -2.01. The van der Waals surface area contributed by atoms with Crippen molar-refractivity contribution in [3.63, 3.8) is 0 Å². The van der Waals surface area contributed by atoms with Gasteiger partial charge >= 0.3 is 0 Å². The van der Waals surface area contributed by atoms with E-state index in [9.17, 15) is 4.21 Å². The number of hydrogen-bond donors (Lipinski definition) is 0. The number of halogens is 1. The number of ether oxygens (including phenoxy) is 1. The Balaban J connectivity index is 1.48. The number of hydrogen-bond acceptors (Lipinski definition) is 6. The van der Waals surface area contributed by atoms with Gasteiger partial charge in [-0.25, -0.2) is 4.68 Å². The zero-order valence-electron chi connectivity index (χ0n) is 16.4. The molecule has 0 aliphatic heterocycles. The highest BCUT2D eigenvalue weighted by molar-refractivity contribution is 7.83. The Morgan fingerprint density at radius 3 is 2.70 bits per heavy atom. The zero-order chi connectivity index (χ0) is 21.1. The van der Waals surface area contributed by atoms with E-state index in [2.05, 4.69) is 15.2 Å². The number of rotatable bonds is 7. The monoisotopic (exact) mass is 442 g/mol. The van der Waals surface area contributed by atoms with Gasteiger partial charge < -0.3 is 9.26 Å². The van der Waals surface area contributed by atoms with E-state index >= 15 is 0 Å². The Morgan fingerprint density at radius 2 is 1.93 bits per heavy atom. The summed E-state index contributed by atoms with van der Waals surface area (Å²) in [6.07, 6.45) is 0. The number of para-hydroxylation sites is 1. The van der Waals surface area contributed by atoms with Gasteiger partial charge in [0.2, 0.25) is 11.7 Å². The van der Waals surface area contributed by atoms with Gasteiger partial charge in [-0.2, -0.15) is 10.1 Å². The molecule has 0 amide bonds. The van der Waals surface area contributed by atoms with Crippen molar-refractivity contribution in [2.45, 2.75) is 18.4 Å². The van der Waals surface area contributed by atoms with Gasteiger partial charge in [0.05, 0.1) is 24.2 Å². The van der Waals surface area contributed by atoms with Gasteiger partial charge in [0.25, 0.3) is 0 Å². The molecule has 4 aromatic rings. The van der Waals surface area contributed by atoms with Crippen LogP contribution in [-0.2, 0) is 22.3 Å². The molecule has 0 fully saturated rings. The molecule has 2 heterocycles. The summed E-state index contributed by atoms with van der Waals surface area (Å²) >= 11 is 6.53. The van der Waals surface area contributed by atoms with Crippen LogP contribution in [0.3, 0.4) is 0 Å². The molecule has 0 saturated heterocycles. The molecule has 0 spiro atoms. The number of aromatic nitrogens is 4. The lowest BCUT2D eigenvalue weighted by atomic mass is 10.2. The average Bonchev–Trinajstić information content (AvgIpc) is 3.34. The van der Waals surface area contributed by atoms with Crippen molar-refractivity contribution in [1.29, 1.82) is 0 Å². The number of nitrogens with zero attached hydrogens (tertiary/aromatic N) is 4. The average molecular weight is 443 g/mol. The van der Waals surface area contributed by atoms with E-state index in [0.29, 0.717) is 22.6 Å². The van der Waals surface area contributed by atoms with Crippen LogP contribution in [0.25, 0.3) is 17.1 Å². The van der Waals surface area contributed by atoms with Crippen LogP contribution in [0.5, 0.6) is 5.75 Å². The van der Waals surface area contributed by atoms with E-state index in [1.807, 2.05) is 61.5 Å².